The van der Waals surface area contributed by atoms with Gasteiger partial charge in [0.25, 0.3) is 5.91 Å². The monoisotopic (exact) mass is 414 g/mol. The third kappa shape index (κ3) is 5.17. The molecule has 1 aliphatic heterocycles. The van der Waals surface area contributed by atoms with Crippen molar-refractivity contribution in [2.45, 2.75) is 19.4 Å². The van der Waals surface area contributed by atoms with E-state index in [0.717, 1.165) is 17.7 Å². The minimum atomic E-state index is -3.25. The summed E-state index contributed by atoms with van der Waals surface area (Å²) in [5.74, 6) is 0.810. The summed E-state index contributed by atoms with van der Waals surface area (Å²) in [6.45, 7) is 5.02. The first-order valence-electron chi connectivity index (χ1n) is 9.59. The highest BCUT2D eigenvalue weighted by molar-refractivity contribution is 7.92. The van der Waals surface area contributed by atoms with E-state index in [0.29, 0.717) is 37.4 Å². The van der Waals surface area contributed by atoms with Crippen LogP contribution >= 0.6 is 0 Å². The highest BCUT2D eigenvalue weighted by Gasteiger charge is 2.26. The molecule has 154 valence electrons. The minimum absolute atomic E-state index is 0.120. The molecule has 0 unspecified atom stereocenters. The zero-order valence-electron chi connectivity index (χ0n) is 16.6. The van der Waals surface area contributed by atoms with Gasteiger partial charge in [0.15, 0.2) is 0 Å². The number of hydrogen-bond acceptors (Lipinski definition) is 4. The molecule has 0 bridgehead atoms. The topological polar surface area (TPSA) is 66.9 Å². The lowest BCUT2D eigenvalue weighted by Crippen LogP contribution is -2.37. The molecule has 6 nitrogen and oxygen atoms in total. The van der Waals surface area contributed by atoms with Gasteiger partial charge in [0.05, 0.1) is 11.4 Å². The van der Waals surface area contributed by atoms with Crippen LogP contribution in [0.5, 0.6) is 5.75 Å². The maximum absolute atomic E-state index is 12.7. The Bertz CT molecular complexity index is 953. The van der Waals surface area contributed by atoms with E-state index in [1.807, 2.05) is 24.3 Å². The van der Waals surface area contributed by atoms with Crippen molar-refractivity contribution in [2.24, 2.45) is 0 Å². The molecule has 1 saturated heterocycles. The lowest BCUT2D eigenvalue weighted by Gasteiger charge is -2.28. The predicted octanol–water partition coefficient (Wildman–Crippen LogP) is 3.45. The van der Waals surface area contributed by atoms with Crippen molar-refractivity contribution < 1.29 is 17.9 Å². The average molecular weight is 415 g/mol. The number of benzene rings is 2. The zero-order chi connectivity index (χ0) is 20.9. The van der Waals surface area contributed by atoms with Gasteiger partial charge in [-0.1, -0.05) is 24.8 Å². The van der Waals surface area contributed by atoms with Crippen LogP contribution in [0, 0.1) is 0 Å². The zero-order valence-corrected chi connectivity index (χ0v) is 17.4. The molecule has 0 aromatic heterocycles. The van der Waals surface area contributed by atoms with Crippen LogP contribution in [0.3, 0.4) is 0 Å². The molecule has 0 aliphatic carbocycles. The second-order valence-corrected chi connectivity index (χ2v) is 9.06. The van der Waals surface area contributed by atoms with E-state index in [4.69, 9.17) is 4.74 Å². The van der Waals surface area contributed by atoms with Crippen molar-refractivity contribution in [1.82, 2.24) is 4.90 Å². The molecule has 29 heavy (non-hydrogen) atoms. The van der Waals surface area contributed by atoms with E-state index in [-0.39, 0.29) is 11.7 Å². The molecular weight excluding hydrogens is 388 g/mol. The van der Waals surface area contributed by atoms with Gasteiger partial charge in [-0.05, 0) is 54.8 Å². The average Bonchev–Trinajstić information content (AvgIpc) is 2.72. The van der Waals surface area contributed by atoms with Gasteiger partial charge >= 0.3 is 0 Å². The molecule has 3 rings (SSSR count). The molecule has 0 radical (unpaired) electrons. The first-order chi connectivity index (χ1) is 13.9. The molecule has 0 spiro atoms. The van der Waals surface area contributed by atoms with E-state index < -0.39 is 10.0 Å². The highest BCUT2D eigenvalue weighted by Crippen LogP contribution is 2.24. The summed E-state index contributed by atoms with van der Waals surface area (Å²) in [6.07, 6.45) is 3.23. The summed E-state index contributed by atoms with van der Waals surface area (Å²) in [5, 5.41) is 0. The third-order valence-electron chi connectivity index (χ3n) is 4.81. The first-order valence-corrected chi connectivity index (χ1v) is 11.2. The summed E-state index contributed by atoms with van der Waals surface area (Å²) >= 11 is 0. The Morgan fingerprint density at radius 3 is 2.45 bits per heavy atom. The van der Waals surface area contributed by atoms with E-state index in [1.54, 1.807) is 42.3 Å². The fraction of sp³-hybridized carbons (Fsp3) is 0.318. The molecule has 0 N–H and O–H groups in total. The molecule has 1 amide bonds. The van der Waals surface area contributed by atoms with Gasteiger partial charge in [-0.3, -0.25) is 9.10 Å². The predicted molar refractivity (Wildman–Crippen MR) is 115 cm³/mol. The summed E-state index contributed by atoms with van der Waals surface area (Å²) in [5.41, 5.74) is 2.12. The quantitative estimate of drug-likeness (QED) is 0.651. The van der Waals surface area contributed by atoms with Gasteiger partial charge in [0, 0.05) is 25.7 Å². The van der Waals surface area contributed by atoms with Gasteiger partial charge in [-0.2, -0.15) is 0 Å². The van der Waals surface area contributed by atoms with Gasteiger partial charge in [0.2, 0.25) is 10.0 Å². The standard InChI is InChI=1S/C22H26N2O4S/c1-3-15-28-21-12-6-18(7-13-21)17-23(2)22(25)19-8-10-20(11-9-19)24-14-4-5-16-29(24,26)27/h3,6-13H,1,4-5,14-17H2,2H3. The number of anilines is 1. The Hall–Kier alpha value is -2.80. The summed E-state index contributed by atoms with van der Waals surface area (Å²) < 4.78 is 31.4. The number of carbonyl (C=O) groups is 1. The van der Waals surface area contributed by atoms with Gasteiger partial charge in [-0.25, -0.2) is 8.42 Å². The van der Waals surface area contributed by atoms with E-state index in [2.05, 4.69) is 6.58 Å². The lowest BCUT2D eigenvalue weighted by atomic mass is 10.1. The van der Waals surface area contributed by atoms with Crippen molar-refractivity contribution in [3.05, 3.63) is 72.3 Å². The first kappa shape index (κ1) is 20.9. The van der Waals surface area contributed by atoms with Crippen molar-refractivity contribution in [1.29, 1.82) is 0 Å². The molecule has 7 heteroatoms. The summed E-state index contributed by atoms with van der Waals surface area (Å²) in [7, 11) is -1.51. The smallest absolute Gasteiger partial charge is 0.253 e. The van der Waals surface area contributed by atoms with Crippen LogP contribution in [0.1, 0.15) is 28.8 Å². The number of nitrogens with zero attached hydrogens (tertiary/aromatic N) is 2. The Kier molecular flexibility index (Phi) is 6.59. The molecule has 0 saturated carbocycles. The SMILES string of the molecule is C=CCOc1ccc(CN(C)C(=O)c2ccc(N3CCCCS3(=O)=O)cc2)cc1. The number of carbonyl (C=O) groups excluding carboxylic acids is 1. The van der Waals surface area contributed by atoms with Gasteiger partial charge in [-0.15, -0.1) is 0 Å². The van der Waals surface area contributed by atoms with E-state index >= 15 is 0 Å². The Labute approximate surface area is 172 Å². The van der Waals surface area contributed by atoms with Crippen molar-refractivity contribution in [3.63, 3.8) is 0 Å². The molecule has 0 atom stereocenters. The summed E-state index contributed by atoms with van der Waals surface area (Å²) in [4.78, 5) is 14.4. The largest absolute Gasteiger partial charge is 0.490 e. The molecule has 1 fully saturated rings. The van der Waals surface area contributed by atoms with Crippen LogP contribution in [0.25, 0.3) is 0 Å². The van der Waals surface area contributed by atoms with Crippen molar-refractivity contribution in [3.8, 4) is 5.75 Å². The lowest BCUT2D eigenvalue weighted by molar-refractivity contribution is 0.0785. The normalized spacial score (nSPS) is 15.6. The minimum Gasteiger partial charge on any atom is -0.490 e. The second kappa shape index (κ2) is 9.13. The van der Waals surface area contributed by atoms with Gasteiger partial charge < -0.3 is 9.64 Å². The molecule has 1 heterocycles. The fourth-order valence-corrected chi connectivity index (χ4v) is 4.90. The van der Waals surface area contributed by atoms with Crippen LogP contribution in [0.2, 0.25) is 0 Å². The molecule has 2 aromatic rings. The second-order valence-electron chi connectivity index (χ2n) is 7.05. The summed E-state index contributed by atoms with van der Waals surface area (Å²) in [6, 6.07) is 14.4. The highest BCUT2D eigenvalue weighted by atomic mass is 32.2. The van der Waals surface area contributed by atoms with E-state index in [1.165, 1.54) is 4.31 Å². The maximum Gasteiger partial charge on any atom is 0.253 e. The number of amides is 1. The van der Waals surface area contributed by atoms with Crippen LogP contribution in [-0.4, -0.2) is 45.2 Å². The van der Waals surface area contributed by atoms with Crippen LogP contribution in [0.4, 0.5) is 5.69 Å². The van der Waals surface area contributed by atoms with E-state index in [9.17, 15) is 13.2 Å². The Morgan fingerprint density at radius 1 is 1.14 bits per heavy atom. The number of sulfonamides is 1. The number of ether oxygens (including phenoxy) is 1. The number of hydrogen-bond donors (Lipinski definition) is 0. The maximum atomic E-state index is 12.7. The Balaban J connectivity index is 1.64. The number of rotatable bonds is 7. The van der Waals surface area contributed by atoms with Crippen molar-refractivity contribution >= 4 is 21.6 Å². The van der Waals surface area contributed by atoms with Crippen LogP contribution in [0.15, 0.2) is 61.2 Å². The molecule has 1 aliphatic rings. The fourth-order valence-electron chi connectivity index (χ4n) is 3.26. The van der Waals surface area contributed by atoms with Crippen LogP contribution < -0.4 is 9.04 Å². The molecule has 2 aromatic carbocycles. The Morgan fingerprint density at radius 2 is 1.83 bits per heavy atom. The molecular formula is C22H26N2O4S. The third-order valence-corrected chi connectivity index (χ3v) is 6.68. The van der Waals surface area contributed by atoms with Crippen molar-refractivity contribution in [2.75, 3.05) is 30.3 Å². The van der Waals surface area contributed by atoms with Crippen LogP contribution in [-0.2, 0) is 16.6 Å². The van der Waals surface area contributed by atoms with Gasteiger partial charge in [0.1, 0.15) is 12.4 Å².